The Bertz CT molecular complexity index is 1130. The molecule has 0 radical (unpaired) electrons. The van der Waals surface area contributed by atoms with E-state index in [2.05, 4.69) is 22.5 Å². The molecule has 5 heteroatoms. The van der Waals surface area contributed by atoms with Crippen LogP contribution in [0.1, 0.15) is 28.8 Å². The molecular weight excluding hydrogens is 348 g/mol. The molecule has 2 aromatic carbocycles. The molecule has 1 aliphatic rings. The van der Waals surface area contributed by atoms with E-state index in [9.17, 15) is 4.79 Å². The Morgan fingerprint density at radius 2 is 1.75 bits per heavy atom. The van der Waals surface area contributed by atoms with Crippen LogP contribution in [-0.2, 0) is 6.54 Å². The predicted molar refractivity (Wildman–Crippen MR) is 109 cm³/mol. The molecule has 28 heavy (non-hydrogen) atoms. The molecule has 0 saturated heterocycles. The summed E-state index contributed by atoms with van der Waals surface area (Å²) in [5, 5.41) is 8.42. The van der Waals surface area contributed by atoms with E-state index in [1.165, 1.54) is 0 Å². The van der Waals surface area contributed by atoms with Gasteiger partial charge in [-0.25, -0.2) is 9.67 Å². The van der Waals surface area contributed by atoms with Gasteiger partial charge in [0.2, 0.25) is 0 Å². The highest BCUT2D eigenvalue weighted by atomic mass is 16.1. The minimum Gasteiger partial charge on any atom is -0.349 e. The van der Waals surface area contributed by atoms with Crippen molar-refractivity contribution in [2.45, 2.75) is 25.4 Å². The number of carbonyl (C=O) groups excluding carboxylic acids is 1. The number of nitrogens with zero attached hydrogens (tertiary/aromatic N) is 3. The molecule has 0 bridgehead atoms. The Hall–Kier alpha value is -3.47. The molecule has 0 aliphatic heterocycles. The average molecular weight is 368 g/mol. The maximum atomic E-state index is 12.9. The summed E-state index contributed by atoms with van der Waals surface area (Å²) in [4.78, 5) is 17.7. The van der Waals surface area contributed by atoms with Gasteiger partial charge in [-0.05, 0) is 24.5 Å². The second-order valence-electron chi connectivity index (χ2n) is 7.19. The summed E-state index contributed by atoms with van der Waals surface area (Å²) < 4.78 is 1.87. The van der Waals surface area contributed by atoms with Crippen LogP contribution < -0.4 is 5.32 Å². The molecule has 5 rings (SSSR count). The zero-order chi connectivity index (χ0) is 18.9. The molecule has 0 unspecified atom stereocenters. The third-order valence-electron chi connectivity index (χ3n) is 5.01. The number of fused-ring (bicyclic) bond motifs is 1. The highest BCUT2D eigenvalue weighted by molar-refractivity contribution is 6.06. The fourth-order valence-corrected chi connectivity index (χ4v) is 3.36. The van der Waals surface area contributed by atoms with Gasteiger partial charge in [0, 0.05) is 11.6 Å². The van der Waals surface area contributed by atoms with Crippen molar-refractivity contribution in [3.05, 3.63) is 84.1 Å². The number of carbonyl (C=O) groups is 1. The number of rotatable bonds is 5. The molecule has 2 aromatic heterocycles. The smallest absolute Gasteiger partial charge is 0.252 e. The van der Waals surface area contributed by atoms with E-state index in [0.29, 0.717) is 18.2 Å². The van der Waals surface area contributed by atoms with Crippen LogP contribution in [0.3, 0.4) is 0 Å². The maximum absolute atomic E-state index is 12.9. The normalized spacial score (nSPS) is 13.6. The lowest BCUT2D eigenvalue weighted by atomic mass is 10.1. The van der Waals surface area contributed by atoms with Gasteiger partial charge in [0.15, 0.2) is 5.65 Å². The third-order valence-corrected chi connectivity index (χ3v) is 5.01. The van der Waals surface area contributed by atoms with Gasteiger partial charge in [-0.1, -0.05) is 60.7 Å². The molecule has 0 spiro atoms. The van der Waals surface area contributed by atoms with Crippen LogP contribution in [0.5, 0.6) is 0 Å². The molecule has 1 N–H and O–H groups in total. The molecule has 1 fully saturated rings. The first-order valence-corrected chi connectivity index (χ1v) is 9.55. The maximum Gasteiger partial charge on any atom is 0.252 e. The standard InChI is InChI=1S/C23H20N4O/c28-23(25-18-11-12-18)19-13-21(17-9-5-2-6-10-17)26-22-20(19)14-24-27(22)15-16-7-3-1-4-8-16/h1-10,13-14,18H,11-12,15H2,(H,25,28). The average Bonchev–Trinajstić information content (AvgIpc) is 3.47. The number of hydrogen-bond donors (Lipinski definition) is 1. The first-order chi connectivity index (χ1) is 13.8. The van der Waals surface area contributed by atoms with Gasteiger partial charge in [-0.2, -0.15) is 5.10 Å². The number of benzene rings is 2. The minimum absolute atomic E-state index is 0.0497. The van der Waals surface area contributed by atoms with Crippen LogP contribution in [-0.4, -0.2) is 26.7 Å². The Labute approximate surface area is 163 Å². The van der Waals surface area contributed by atoms with Gasteiger partial charge < -0.3 is 5.32 Å². The number of aromatic nitrogens is 3. The molecule has 138 valence electrons. The quantitative estimate of drug-likeness (QED) is 0.578. The number of pyridine rings is 1. The van der Waals surface area contributed by atoms with E-state index >= 15 is 0 Å². The van der Waals surface area contributed by atoms with Gasteiger partial charge in [0.25, 0.3) is 5.91 Å². The fourth-order valence-electron chi connectivity index (χ4n) is 3.36. The highest BCUT2D eigenvalue weighted by Gasteiger charge is 2.26. The minimum atomic E-state index is -0.0497. The van der Waals surface area contributed by atoms with E-state index in [-0.39, 0.29) is 5.91 Å². The second-order valence-corrected chi connectivity index (χ2v) is 7.19. The van der Waals surface area contributed by atoms with Crippen molar-refractivity contribution >= 4 is 16.9 Å². The Kier molecular flexibility index (Phi) is 4.13. The van der Waals surface area contributed by atoms with Gasteiger partial charge >= 0.3 is 0 Å². The fraction of sp³-hybridized carbons (Fsp3) is 0.174. The van der Waals surface area contributed by atoms with Crippen LogP contribution in [0, 0.1) is 0 Å². The number of amides is 1. The van der Waals surface area contributed by atoms with E-state index in [1.54, 1.807) is 6.20 Å². The summed E-state index contributed by atoms with van der Waals surface area (Å²) >= 11 is 0. The van der Waals surface area contributed by atoms with Crippen molar-refractivity contribution in [1.29, 1.82) is 0 Å². The van der Waals surface area contributed by atoms with Crippen LogP contribution >= 0.6 is 0 Å². The first kappa shape index (κ1) is 16.7. The van der Waals surface area contributed by atoms with Crippen molar-refractivity contribution in [1.82, 2.24) is 20.1 Å². The van der Waals surface area contributed by atoms with Crippen molar-refractivity contribution in [2.75, 3.05) is 0 Å². The second kappa shape index (κ2) is 6.93. The van der Waals surface area contributed by atoms with Crippen LogP contribution in [0.25, 0.3) is 22.3 Å². The van der Waals surface area contributed by atoms with Gasteiger partial charge in [0.1, 0.15) is 0 Å². The van der Waals surface area contributed by atoms with Crippen LogP contribution in [0.2, 0.25) is 0 Å². The molecule has 1 aliphatic carbocycles. The third kappa shape index (κ3) is 3.27. The zero-order valence-corrected chi connectivity index (χ0v) is 15.4. The Morgan fingerprint density at radius 1 is 1.04 bits per heavy atom. The summed E-state index contributed by atoms with van der Waals surface area (Å²) in [6.45, 7) is 0.610. The lowest BCUT2D eigenvalue weighted by Gasteiger charge is -2.09. The van der Waals surface area contributed by atoms with E-state index in [0.717, 1.165) is 40.7 Å². The number of hydrogen-bond acceptors (Lipinski definition) is 3. The summed E-state index contributed by atoms with van der Waals surface area (Å²) in [6.07, 6.45) is 3.86. The highest BCUT2D eigenvalue weighted by Crippen LogP contribution is 2.27. The first-order valence-electron chi connectivity index (χ1n) is 9.55. The van der Waals surface area contributed by atoms with Crippen molar-refractivity contribution in [3.8, 4) is 11.3 Å². The Morgan fingerprint density at radius 3 is 2.46 bits per heavy atom. The van der Waals surface area contributed by atoms with Crippen molar-refractivity contribution in [2.24, 2.45) is 0 Å². The molecule has 4 aromatic rings. The van der Waals surface area contributed by atoms with Gasteiger partial charge in [-0.15, -0.1) is 0 Å². The van der Waals surface area contributed by atoms with E-state index in [1.807, 2.05) is 59.3 Å². The van der Waals surface area contributed by atoms with Crippen LogP contribution in [0.15, 0.2) is 72.9 Å². The van der Waals surface area contributed by atoms with Gasteiger partial charge in [0.05, 0.1) is 29.4 Å². The van der Waals surface area contributed by atoms with Crippen molar-refractivity contribution < 1.29 is 4.79 Å². The monoisotopic (exact) mass is 368 g/mol. The predicted octanol–water partition coefficient (Wildman–Crippen LogP) is 4.04. The molecule has 2 heterocycles. The van der Waals surface area contributed by atoms with Gasteiger partial charge in [-0.3, -0.25) is 4.79 Å². The summed E-state index contributed by atoms with van der Waals surface area (Å²) in [5.74, 6) is -0.0497. The van der Waals surface area contributed by atoms with E-state index in [4.69, 9.17) is 4.98 Å². The lowest BCUT2D eigenvalue weighted by molar-refractivity contribution is 0.0952. The SMILES string of the molecule is O=C(NC1CC1)c1cc(-c2ccccc2)nc2c1cnn2Cc1ccccc1. The molecule has 5 nitrogen and oxygen atoms in total. The van der Waals surface area contributed by atoms with Crippen LogP contribution in [0.4, 0.5) is 0 Å². The summed E-state index contributed by atoms with van der Waals surface area (Å²) in [5.41, 5.74) is 4.27. The molecule has 1 saturated carbocycles. The molecule has 0 atom stereocenters. The molecule has 1 amide bonds. The lowest BCUT2D eigenvalue weighted by Crippen LogP contribution is -2.25. The summed E-state index contributed by atoms with van der Waals surface area (Å²) in [6, 6.07) is 22.3. The number of nitrogens with one attached hydrogen (secondary N) is 1. The largest absolute Gasteiger partial charge is 0.349 e. The Balaban J connectivity index is 1.63. The molecular formula is C23H20N4O. The summed E-state index contributed by atoms with van der Waals surface area (Å²) in [7, 11) is 0. The zero-order valence-electron chi connectivity index (χ0n) is 15.4. The van der Waals surface area contributed by atoms with E-state index < -0.39 is 0 Å². The topological polar surface area (TPSA) is 59.8 Å². The van der Waals surface area contributed by atoms with Crippen molar-refractivity contribution in [3.63, 3.8) is 0 Å².